The number of benzene rings is 1. The number of halogens is 2. The molecule has 0 radical (unpaired) electrons. The maximum Gasteiger partial charge on any atom is 0.141 e. The predicted octanol–water partition coefficient (Wildman–Crippen LogP) is 2.28. The third-order valence-corrected chi connectivity index (χ3v) is 3.18. The fourth-order valence-electron chi connectivity index (χ4n) is 1.89. The van der Waals surface area contributed by atoms with Crippen molar-refractivity contribution in [3.63, 3.8) is 0 Å². The van der Waals surface area contributed by atoms with Gasteiger partial charge in [0.15, 0.2) is 0 Å². The molecule has 4 heteroatoms. The molecule has 0 spiro atoms. The molecule has 0 saturated carbocycles. The normalized spacial score (nSPS) is 20.6. The molecule has 2 nitrogen and oxygen atoms in total. The quantitative estimate of drug-likeness (QED) is 0.836. The van der Waals surface area contributed by atoms with Gasteiger partial charge in [-0.15, -0.1) is 0 Å². The first kappa shape index (κ1) is 10.7. The molecule has 1 heterocycles. The molecule has 1 unspecified atom stereocenters. The van der Waals surface area contributed by atoms with E-state index in [0.717, 1.165) is 25.2 Å². The highest BCUT2D eigenvalue weighted by atomic mass is 35.5. The van der Waals surface area contributed by atoms with E-state index in [0.29, 0.717) is 6.04 Å². The zero-order valence-electron chi connectivity index (χ0n) is 8.63. The van der Waals surface area contributed by atoms with Crippen LogP contribution in [0.4, 0.5) is 10.1 Å². The molecule has 1 fully saturated rings. The lowest BCUT2D eigenvalue weighted by atomic mass is 10.2. The van der Waals surface area contributed by atoms with Gasteiger partial charge in [0.1, 0.15) is 5.82 Å². The first-order valence-corrected chi connectivity index (χ1v) is 5.45. The van der Waals surface area contributed by atoms with E-state index >= 15 is 0 Å². The van der Waals surface area contributed by atoms with Gasteiger partial charge in [-0.1, -0.05) is 11.6 Å². The number of nitrogens with one attached hydrogen (secondary N) is 1. The van der Waals surface area contributed by atoms with Gasteiger partial charge in [0.2, 0.25) is 0 Å². The standard InChI is InChI=1S/C11H14ClFN2/c1-15(9-4-5-14-7-9)8-2-3-11(13)10(12)6-8/h2-3,6,9,14H,4-5,7H2,1H3. The summed E-state index contributed by atoms with van der Waals surface area (Å²) in [4.78, 5) is 2.14. The molecule has 15 heavy (non-hydrogen) atoms. The molecule has 1 aromatic carbocycles. The average molecular weight is 229 g/mol. The summed E-state index contributed by atoms with van der Waals surface area (Å²) in [6.07, 6.45) is 1.12. The van der Waals surface area contributed by atoms with Crippen molar-refractivity contribution in [3.8, 4) is 0 Å². The number of hydrogen-bond donors (Lipinski definition) is 1. The van der Waals surface area contributed by atoms with Crippen molar-refractivity contribution in [2.75, 3.05) is 25.0 Å². The van der Waals surface area contributed by atoms with Gasteiger partial charge in [-0.25, -0.2) is 4.39 Å². The Hall–Kier alpha value is -0.800. The topological polar surface area (TPSA) is 15.3 Å². The van der Waals surface area contributed by atoms with E-state index in [1.807, 2.05) is 7.05 Å². The Labute approximate surface area is 94.0 Å². The summed E-state index contributed by atoms with van der Waals surface area (Å²) in [6.45, 7) is 2.02. The van der Waals surface area contributed by atoms with Gasteiger partial charge in [0.25, 0.3) is 0 Å². The van der Waals surface area contributed by atoms with Crippen LogP contribution in [0.3, 0.4) is 0 Å². The van der Waals surface area contributed by atoms with E-state index in [1.165, 1.54) is 6.07 Å². The van der Waals surface area contributed by atoms with Crippen LogP contribution in [0.2, 0.25) is 5.02 Å². The van der Waals surface area contributed by atoms with Gasteiger partial charge < -0.3 is 10.2 Å². The molecule has 0 aromatic heterocycles. The summed E-state index contributed by atoms with van der Waals surface area (Å²) in [7, 11) is 2.02. The zero-order valence-corrected chi connectivity index (χ0v) is 9.39. The van der Waals surface area contributed by atoms with E-state index in [9.17, 15) is 4.39 Å². The van der Waals surface area contributed by atoms with Crippen molar-refractivity contribution in [1.29, 1.82) is 0 Å². The molecular weight excluding hydrogens is 215 g/mol. The summed E-state index contributed by atoms with van der Waals surface area (Å²) < 4.78 is 13.0. The fourth-order valence-corrected chi connectivity index (χ4v) is 2.06. The number of likely N-dealkylation sites (N-methyl/N-ethyl adjacent to an activating group) is 1. The molecule has 0 amide bonds. The summed E-state index contributed by atoms with van der Waals surface area (Å²) in [5.41, 5.74) is 0.968. The monoisotopic (exact) mass is 228 g/mol. The average Bonchev–Trinajstić information content (AvgIpc) is 2.74. The Bertz CT molecular complexity index is 350. The molecule has 82 valence electrons. The minimum atomic E-state index is -0.363. The smallest absolute Gasteiger partial charge is 0.141 e. The molecule has 1 aliphatic heterocycles. The van der Waals surface area contributed by atoms with Crippen LogP contribution in [0.25, 0.3) is 0 Å². The summed E-state index contributed by atoms with van der Waals surface area (Å²) in [5, 5.41) is 3.49. The first-order chi connectivity index (χ1) is 7.18. The van der Waals surface area contributed by atoms with Crippen molar-refractivity contribution >= 4 is 17.3 Å². The highest BCUT2D eigenvalue weighted by Crippen LogP contribution is 2.24. The van der Waals surface area contributed by atoms with E-state index in [-0.39, 0.29) is 10.8 Å². The third kappa shape index (κ3) is 2.24. The van der Waals surface area contributed by atoms with Crippen molar-refractivity contribution < 1.29 is 4.39 Å². The van der Waals surface area contributed by atoms with Gasteiger partial charge >= 0.3 is 0 Å². The third-order valence-electron chi connectivity index (χ3n) is 2.89. The van der Waals surface area contributed by atoms with Crippen LogP contribution in [0.1, 0.15) is 6.42 Å². The van der Waals surface area contributed by atoms with E-state index in [2.05, 4.69) is 10.2 Å². The minimum absolute atomic E-state index is 0.185. The Morgan fingerprint density at radius 2 is 2.33 bits per heavy atom. The molecule has 0 bridgehead atoms. The van der Waals surface area contributed by atoms with Crippen LogP contribution >= 0.6 is 11.6 Å². The Morgan fingerprint density at radius 3 is 2.93 bits per heavy atom. The minimum Gasteiger partial charge on any atom is -0.370 e. The van der Waals surface area contributed by atoms with Gasteiger partial charge in [-0.2, -0.15) is 0 Å². The second-order valence-electron chi connectivity index (χ2n) is 3.86. The summed E-state index contributed by atoms with van der Waals surface area (Å²) in [6, 6.07) is 5.33. The van der Waals surface area contributed by atoms with Gasteiger partial charge in [0, 0.05) is 25.3 Å². The molecule has 0 aliphatic carbocycles. The number of anilines is 1. The van der Waals surface area contributed by atoms with Gasteiger partial charge in [0.05, 0.1) is 5.02 Å². The van der Waals surface area contributed by atoms with Crippen molar-refractivity contribution in [3.05, 3.63) is 29.0 Å². The lowest BCUT2D eigenvalue weighted by Gasteiger charge is -2.26. The Balaban J connectivity index is 2.17. The Morgan fingerprint density at radius 1 is 1.53 bits per heavy atom. The van der Waals surface area contributed by atoms with Crippen LogP contribution in [0.5, 0.6) is 0 Å². The van der Waals surface area contributed by atoms with Crippen LogP contribution in [0.15, 0.2) is 18.2 Å². The molecule has 2 rings (SSSR count). The lowest BCUT2D eigenvalue weighted by molar-refractivity contribution is 0.626. The molecule has 1 aromatic rings. The SMILES string of the molecule is CN(c1ccc(F)c(Cl)c1)C1CCNC1. The fraction of sp³-hybridized carbons (Fsp3) is 0.455. The molecule has 1 N–H and O–H groups in total. The summed E-state index contributed by atoms with van der Waals surface area (Å²) >= 11 is 5.75. The van der Waals surface area contributed by atoms with Gasteiger partial charge in [-0.05, 0) is 31.2 Å². The predicted molar refractivity (Wildman–Crippen MR) is 61.1 cm³/mol. The maximum absolute atomic E-state index is 13.0. The van der Waals surface area contributed by atoms with Crippen LogP contribution in [0, 0.1) is 5.82 Å². The second-order valence-corrected chi connectivity index (χ2v) is 4.26. The molecule has 1 aliphatic rings. The van der Waals surface area contributed by atoms with Gasteiger partial charge in [-0.3, -0.25) is 0 Å². The van der Waals surface area contributed by atoms with Crippen LogP contribution in [-0.4, -0.2) is 26.2 Å². The zero-order chi connectivity index (χ0) is 10.8. The van der Waals surface area contributed by atoms with E-state index in [1.54, 1.807) is 12.1 Å². The van der Waals surface area contributed by atoms with E-state index in [4.69, 9.17) is 11.6 Å². The maximum atomic E-state index is 13.0. The van der Waals surface area contributed by atoms with Crippen molar-refractivity contribution in [1.82, 2.24) is 5.32 Å². The summed E-state index contributed by atoms with van der Waals surface area (Å²) in [5.74, 6) is -0.363. The van der Waals surface area contributed by atoms with Crippen molar-refractivity contribution in [2.45, 2.75) is 12.5 Å². The number of rotatable bonds is 2. The number of nitrogens with zero attached hydrogens (tertiary/aromatic N) is 1. The van der Waals surface area contributed by atoms with Crippen molar-refractivity contribution in [2.24, 2.45) is 0 Å². The van der Waals surface area contributed by atoms with Crippen LogP contribution < -0.4 is 10.2 Å². The second kappa shape index (κ2) is 4.37. The highest BCUT2D eigenvalue weighted by molar-refractivity contribution is 6.31. The Kier molecular flexibility index (Phi) is 3.12. The number of hydrogen-bond acceptors (Lipinski definition) is 2. The highest BCUT2D eigenvalue weighted by Gasteiger charge is 2.19. The van der Waals surface area contributed by atoms with E-state index < -0.39 is 0 Å². The molecular formula is C11H14ClFN2. The largest absolute Gasteiger partial charge is 0.370 e. The molecule has 1 atom stereocenters. The van der Waals surface area contributed by atoms with Crippen LogP contribution in [-0.2, 0) is 0 Å². The molecule has 1 saturated heterocycles. The lowest BCUT2D eigenvalue weighted by Crippen LogP contribution is -2.33. The first-order valence-electron chi connectivity index (χ1n) is 5.07.